The zero-order chi connectivity index (χ0) is 21.5. The molecule has 0 aliphatic heterocycles. The molecule has 30 heavy (non-hydrogen) atoms. The Hall–Kier alpha value is -2.30. The van der Waals surface area contributed by atoms with Crippen molar-refractivity contribution in [2.24, 2.45) is 17.8 Å². The summed E-state index contributed by atoms with van der Waals surface area (Å²) >= 11 is 0. The van der Waals surface area contributed by atoms with Gasteiger partial charge >= 0.3 is 5.97 Å². The zero-order valence-corrected chi connectivity index (χ0v) is 18.6. The molecule has 2 aromatic rings. The van der Waals surface area contributed by atoms with Gasteiger partial charge in [0.1, 0.15) is 11.6 Å². The predicted octanol–water partition coefficient (Wildman–Crippen LogP) is 4.54. The van der Waals surface area contributed by atoms with Gasteiger partial charge in [0, 0.05) is 29.9 Å². The van der Waals surface area contributed by atoms with Crippen LogP contribution in [0.3, 0.4) is 0 Å². The molecular formula is C25H34N2O3. The second kappa shape index (κ2) is 8.09. The van der Waals surface area contributed by atoms with Gasteiger partial charge in [-0.1, -0.05) is 45.4 Å². The highest BCUT2D eigenvalue weighted by molar-refractivity contribution is 5.91. The summed E-state index contributed by atoms with van der Waals surface area (Å²) < 4.78 is 6.22. The van der Waals surface area contributed by atoms with E-state index in [1.807, 2.05) is 12.1 Å². The van der Waals surface area contributed by atoms with E-state index in [-0.39, 0.29) is 18.0 Å². The third-order valence-electron chi connectivity index (χ3n) is 7.21. The first kappa shape index (κ1) is 21.0. The fourth-order valence-electron chi connectivity index (χ4n) is 5.57. The van der Waals surface area contributed by atoms with Crippen molar-refractivity contribution >= 4 is 22.8 Å². The van der Waals surface area contributed by atoms with Crippen LogP contribution in [0.5, 0.6) is 0 Å². The number of ether oxygens (including phenoxy) is 1. The molecule has 2 aliphatic carbocycles. The number of hydrogen-bond acceptors (Lipinski definition) is 3. The second-order valence-electron chi connectivity index (χ2n) is 9.84. The second-order valence-corrected chi connectivity index (χ2v) is 9.84. The maximum atomic E-state index is 13.6. The summed E-state index contributed by atoms with van der Waals surface area (Å²) in [7, 11) is 0. The van der Waals surface area contributed by atoms with Crippen molar-refractivity contribution < 1.29 is 14.3 Å². The van der Waals surface area contributed by atoms with Crippen LogP contribution in [-0.4, -0.2) is 28.5 Å². The van der Waals surface area contributed by atoms with Gasteiger partial charge in [0.15, 0.2) is 0 Å². The Kier molecular flexibility index (Phi) is 5.65. The first-order valence-electron chi connectivity index (χ1n) is 11.4. The Morgan fingerprint density at radius 3 is 2.73 bits per heavy atom. The van der Waals surface area contributed by atoms with Gasteiger partial charge in [-0.2, -0.15) is 0 Å². The Morgan fingerprint density at radius 1 is 1.23 bits per heavy atom. The number of amides is 1. The van der Waals surface area contributed by atoms with Gasteiger partial charge in [-0.25, -0.2) is 4.79 Å². The first-order valence-corrected chi connectivity index (χ1v) is 11.4. The van der Waals surface area contributed by atoms with E-state index in [1.165, 1.54) is 13.3 Å². The van der Waals surface area contributed by atoms with Crippen molar-refractivity contribution in [2.45, 2.75) is 77.9 Å². The lowest BCUT2D eigenvalue weighted by Gasteiger charge is -2.41. The van der Waals surface area contributed by atoms with Gasteiger partial charge in [-0.3, -0.25) is 4.79 Å². The van der Waals surface area contributed by atoms with Gasteiger partial charge in [0.2, 0.25) is 5.91 Å². The number of aromatic amines is 1. The number of carbonyl (C=O) groups excluding carboxylic acids is 2. The number of benzene rings is 1. The molecule has 162 valence electrons. The molecule has 0 bridgehead atoms. The number of H-pyrrole nitrogens is 1. The van der Waals surface area contributed by atoms with E-state index in [2.05, 4.69) is 43.2 Å². The Balaban J connectivity index is 1.64. The fourth-order valence-corrected chi connectivity index (χ4v) is 5.57. The number of aryl methyl sites for hydroxylation is 1. The third-order valence-corrected chi connectivity index (χ3v) is 7.21. The van der Waals surface area contributed by atoms with Crippen LogP contribution >= 0.6 is 0 Å². The molecule has 2 N–H and O–H groups in total. The highest BCUT2D eigenvalue weighted by atomic mass is 16.5. The van der Waals surface area contributed by atoms with Crippen LogP contribution in [0.25, 0.3) is 10.9 Å². The number of nitrogens with one attached hydrogen (secondary N) is 2. The maximum Gasteiger partial charge on any atom is 0.332 e. The molecule has 0 radical (unpaired) electrons. The predicted molar refractivity (Wildman–Crippen MR) is 118 cm³/mol. The van der Waals surface area contributed by atoms with Crippen molar-refractivity contribution in [2.75, 3.05) is 0 Å². The number of para-hydroxylation sites is 1. The monoisotopic (exact) mass is 410 g/mol. The summed E-state index contributed by atoms with van der Waals surface area (Å²) in [6.45, 7) is 8.15. The quantitative estimate of drug-likeness (QED) is 0.727. The van der Waals surface area contributed by atoms with Gasteiger partial charge in [0.25, 0.3) is 0 Å². The zero-order valence-electron chi connectivity index (χ0n) is 18.6. The standard InChI is InChI=1S/C25H34N2O3/c1-15(2)18-10-9-16(3)13-23(18)30-24(29)25(27-17(4)28)12-11-22-20(14-25)19-7-5-6-8-21(19)26-22/h5-8,15-16,18,23,26H,9-14H2,1-4H3,(H,27,28). The summed E-state index contributed by atoms with van der Waals surface area (Å²) in [6.07, 6.45) is 4.86. The van der Waals surface area contributed by atoms with E-state index in [4.69, 9.17) is 4.74 Å². The minimum atomic E-state index is -0.994. The van der Waals surface area contributed by atoms with E-state index in [1.54, 1.807) is 0 Å². The third kappa shape index (κ3) is 3.86. The van der Waals surface area contributed by atoms with Crippen molar-refractivity contribution in [1.29, 1.82) is 0 Å². The number of esters is 1. The molecule has 1 amide bonds. The summed E-state index contributed by atoms with van der Waals surface area (Å²) in [6, 6.07) is 8.16. The average molecular weight is 411 g/mol. The van der Waals surface area contributed by atoms with Crippen LogP contribution < -0.4 is 5.32 Å². The summed E-state index contributed by atoms with van der Waals surface area (Å²) in [4.78, 5) is 29.2. The van der Waals surface area contributed by atoms with Gasteiger partial charge in [0.05, 0.1) is 0 Å². The topological polar surface area (TPSA) is 71.2 Å². The van der Waals surface area contributed by atoms with Crippen molar-refractivity contribution in [1.82, 2.24) is 10.3 Å². The van der Waals surface area contributed by atoms with E-state index in [0.29, 0.717) is 37.0 Å². The molecule has 4 atom stereocenters. The molecule has 5 heteroatoms. The lowest BCUT2D eigenvalue weighted by atomic mass is 9.75. The SMILES string of the molecule is CC(=O)NC1(C(=O)OC2CC(C)CCC2C(C)C)CCc2[nH]c3ccccc3c2C1. The Bertz CT molecular complexity index is 947. The molecule has 2 aliphatic rings. The minimum absolute atomic E-state index is 0.0729. The smallest absolute Gasteiger partial charge is 0.332 e. The number of carbonyl (C=O) groups is 2. The molecule has 0 spiro atoms. The van der Waals surface area contributed by atoms with Crippen molar-refractivity contribution in [3.63, 3.8) is 0 Å². The molecule has 1 aromatic heterocycles. The van der Waals surface area contributed by atoms with E-state index < -0.39 is 5.54 Å². The number of rotatable bonds is 4. The molecule has 4 unspecified atom stereocenters. The lowest BCUT2D eigenvalue weighted by Crippen LogP contribution is -2.59. The highest BCUT2D eigenvalue weighted by Gasteiger charge is 2.46. The van der Waals surface area contributed by atoms with Crippen molar-refractivity contribution in [3.05, 3.63) is 35.5 Å². The normalized spacial score (nSPS) is 28.9. The number of fused-ring (bicyclic) bond motifs is 3. The maximum absolute atomic E-state index is 13.6. The Labute approximate surface area is 179 Å². The molecular weight excluding hydrogens is 376 g/mol. The van der Waals surface area contributed by atoms with Crippen LogP contribution in [0.4, 0.5) is 0 Å². The highest BCUT2D eigenvalue weighted by Crippen LogP contribution is 2.38. The van der Waals surface area contributed by atoms with Crippen LogP contribution in [0.15, 0.2) is 24.3 Å². The molecule has 5 nitrogen and oxygen atoms in total. The first-order chi connectivity index (χ1) is 14.3. The molecule has 1 aromatic carbocycles. The average Bonchev–Trinajstić information content (AvgIpc) is 3.05. The molecule has 0 saturated heterocycles. The van der Waals surface area contributed by atoms with Crippen LogP contribution in [0.1, 0.15) is 64.6 Å². The van der Waals surface area contributed by atoms with Crippen LogP contribution in [0.2, 0.25) is 0 Å². The van der Waals surface area contributed by atoms with Gasteiger partial charge < -0.3 is 15.0 Å². The van der Waals surface area contributed by atoms with E-state index in [0.717, 1.165) is 35.0 Å². The largest absolute Gasteiger partial charge is 0.460 e. The summed E-state index contributed by atoms with van der Waals surface area (Å²) in [5.74, 6) is 0.956. The molecule has 1 heterocycles. The lowest BCUT2D eigenvalue weighted by molar-refractivity contribution is -0.166. The van der Waals surface area contributed by atoms with E-state index in [9.17, 15) is 9.59 Å². The molecule has 1 fully saturated rings. The summed E-state index contributed by atoms with van der Waals surface area (Å²) in [5.41, 5.74) is 2.37. The molecule has 4 rings (SSSR count). The number of hydrogen-bond donors (Lipinski definition) is 2. The number of aromatic nitrogens is 1. The summed E-state index contributed by atoms with van der Waals surface area (Å²) in [5, 5.41) is 4.13. The molecule has 1 saturated carbocycles. The minimum Gasteiger partial charge on any atom is -0.460 e. The van der Waals surface area contributed by atoms with Gasteiger partial charge in [-0.05, 0) is 55.1 Å². The fraction of sp³-hybridized carbons (Fsp3) is 0.600. The van der Waals surface area contributed by atoms with Crippen LogP contribution in [0, 0.1) is 17.8 Å². The van der Waals surface area contributed by atoms with E-state index >= 15 is 0 Å². The van der Waals surface area contributed by atoms with Crippen LogP contribution in [-0.2, 0) is 27.2 Å². The van der Waals surface area contributed by atoms with Gasteiger partial charge in [-0.15, -0.1) is 0 Å². The van der Waals surface area contributed by atoms with Crippen molar-refractivity contribution in [3.8, 4) is 0 Å². The Morgan fingerprint density at radius 2 is 2.00 bits per heavy atom.